The number of benzene rings is 2. The van der Waals surface area contributed by atoms with Crippen LogP contribution in [-0.4, -0.2) is 72.3 Å². The third kappa shape index (κ3) is 5.08. The zero-order valence-electron chi connectivity index (χ0n) is 20.7. The summed E-state index contributed by atoms with van der Waals surface area (Å²) < 4.78 is 30.6. The maximum Gasteiger partial charge on any atom is 0.253 e. The third-order valence-electron chi connectivity index (χ3n) is 6.76. The Balaban J connectivity index is 1.45. The van der Waals surface area contributed by atoms with Gasteiger partial charge in [0.2, 0.25) is 5.91 Å². The van der Waals surface area contributed by atoms with E-state index in [2.05, 4.69) is 23.1 Å². The van der Waals surface area contributed by atoms with E-state index < -0.39 is 16.1 Å². The molecule has 3 heterocycles. The van der Waals surface area contributed by atoms with Crippen LogP contribution >= 0.6 is 23.1 Å². The van der Waals surface area contributed by atoms with Crippen molar-refractivity contribution in [2.24, 2.45) is 0 Å². The number of thioether (sulfide) groups is 1. The first-order valence-corrected chi connectivity index (χ1v) is 15.9. The van der Waals surface area contributed by atoms with Gasteiger partial charge in [0.15, 0.2) is 0 Å². The van der Waals surface area contributed by atoms with Gasteiger partial charge in [-0.3, -0.25) is 9.69 Å². The van der Waals surface area contributed by atoms with Gasteiger partial charge in [0.1, 0.15) is 10.3 Å². The van der Waals surface area contributed by atoms with Crippen LogP contribution in [0.15, 0.2) is 70.8 Å². The van der Waals surface area contributed by atoms with Gasteiger partial charge in [-0.2, -0.15) is 16.1 Å². The second-order valence-corrected chi connectivity index (χ2v) is 13.1. The van der Waals surface area contributed by atoms with E-state index in [4.69, 9.17) is 0 Å². The molecular weight excluding hydrogens is 525 g/mol. The maximum absolute atomic E-state index is 13.7. The van der Waals surface area contributed by atoms with Crippen molar-refractivity contribution in [1.82, 2.24) is 13.8 Å². The van der Waals surface area contributed by atoms with E-state index in [1.807, 2.05) is 47.0 Å². The standard InChI is InChI=1S/C27H30N4O3S3/c1-3-30-23-9-5-4-8-21(23)22-18-20(11-12-24(22)30)28-27(32)25-19-29(13-7-16-35-2)14-15-31(25)37(33,34)26-10-6-17-36-26/h3-6,8-12,17-18,25H,1,7,13-16,19H2,2H3,(H,28,32)/t25-/m0/s1. The number of fused-ring (bicyclic) bond motifs is 3. The average Bonchev–Trinajstić information content (AvgIpc) is 3.56. The van der Waals surface area contributed by atoms with Crippen LogP contribution in [0.4, 0.5) is 5.69 Å². The normalized spacial score (nSPS) is 17.4. The first kappa shape index (κ1) is 26.0. The lowest BCUT2D eigenvalue weighted by Crippen LogP contribution is -2.59. The van der Waals surface area contributed by atoms with Crippen molar-refractivity contribution >= 4 is 72.7 Å². The minimum atomic E-state index is -3.77. The van der Waals surface area contributed by atoms with Crippen molar-refractivity contribution < 1.29 is 13.2 Å². The van der Waals surface area contributed by atoms with Crippen LogP contribution in [0.25, 0.3) is 28.0 Å². The van der Waals surface area contributed by atoms with Crippen molar-refractivity contribution in [1.29, 1.82) is 0 Å². The van der Waals surface area contributed by atoms with E-state index in [1.54, 1.807) is 35.5 Å². The fourth-order valence-electron chi connectivity index (χ4n) is 4.99. The highest BCUT2D eigenvalue weighted by Crippen LogP contribution is 2.32. The minimum absolute atomic E-state index is 0.264. The number of nitrogens with one attached hydrogen (secondary N) is 1. The van der Waals surface area contributed by atoms with E-state index in [1.165, 1.54) is 15.6 Å². The number of piperazine rings is 1. The summed E-state index contributed by atoms with van der Waals surface area (Å²) in [6.07, 6.45) is 4.85. The molecule has 1 aliphatic rings. The Morgan fingerprint density at radius 2 is 1.95 bits per heavy atom. The van der Waals surface area contributed by atoms with E-state index in [9.17, 15) is 13.2 Å². The molecule has 0 radical (unpaired) electrons. The molecule has 0 bridgehead atoms. The lowest BCUT2D eigenvalue weighted by atomic mass is 10.1. The minimum Gasteiger partial charge on any atom is -0.325 e. The molecule has 1 aliphatic heterocycles. The summed E-state index contributed by atoms with van der Waals surface area (Å²) in [6.45, 7) is 6.04. The predicted molar refractivity (Wildman–Crippen MR) is 156 cm³/mol. The van der Waals surface area contributed by atoms with Gasteiger partial charge in [-0.15, -0.1) is 11.3 Å². The molecule has 1 saturated heterocycles. The Labute approximate surface area is 225 Å². The second kappa shape index (κ2) is 11.0. The maximum atomic E-state index is 13.7. The zero-order valence-corrected chi connectivity index (χ0v) is 23.1. The lowest BCUT2D eigenvalue weighted by Gasteiger charge is -2.39. The fraction of sp³-hybridized carbons (Fsp3) is 0.296. The molecule has 0 aliphatic carbocycles. The molecular formula is C27H30N4O3S3. The van der Waals surface area contributed by atoms with Crippen molar-refractivity contribution in [2.75, 3.05) is 43.5 Å². The van der Waals surface area contributed by atoms with Gasteiger partial charge in [-0.05, 0) is 60.7 Å². The number of carbonyl (C=O) groups excluding carboxylic acids is 1. The quantitative estimate of drug-likeness (QED) is 0.294. The first-order chi connectivity index (χ1) is 17.9. The van der Waals surface area contributed by atoms with Crippen molar-refractivity contribution in [3.05, 3.63) is 66.6 Å². The average molecular weight is 555 g/mol. The Morgan fingerprint density at radius 3 is 2.70 bits per heavy atom. The number of amides is 1. The summed E-state index contributed by atoms with van der Waals surface area (Å²) in [5.74, 6) is 0.713. The van der Waals surface area contributed by atoms with Gasteiger partial charge in [0.25, 0.3) is 10.0 Å². The second-order valence-electron chi connectivity index (χ2n) is 9.00. The SMILES string of the molecule is C=Cn1c2ccccc2c2cc(NC(=O)[C@@H]3CN(CCCSC)CCN3S(=O)(=O)c3cccs3)ccc21. The molecule has 37 heavy (non-hydrogen) atoms. The number of thiophene rings is 1. The molecule has 0 spiro atoms. The lowest BCUT2D eigenvalue weighted by molar-refractivity contribution is -0.121. The molecule has 5 rings (SSSR count). The fourth-order valence-corrected chi connectivity index (χ4v) is 8.10. The van der Waals surface area contributed by atoms with Crippen molar-refractivity contribution in [2.45, 2.75) is 16.7 Å². The first-order valence-electron chi connectivity index (χ1n) is 12.2. The van der Waals surface area contributed by atoms with Crippen LogP contribution in [0.2, 0.25) is 0 Å². The van der Waals surface area contributed by atoms with E-state index in [0.717, 1.165) is 40.5 Å². The molecule has 2 aromatic carbocycles. The third-order valence-corrected chi connectivity index (χ3v) is 10.7. The Morgan fingerprint density at radius 1 is 1.14 bits per heavy atom. The van der Waals surface area contributed by atoms with Crippen molar-refractivity contribution in [3.8, 4) is 0 Å². The summed E-state index contributed by atoms with van der Waals surface area (Å²) >= 11 is 2.97. The van der Waals surface area contributed by atoms with E-state index in [-0.39, 0.29) is 16.7 Å². The van der Waals surface area contributed by atoms with Gasteiger partial charge >= 0.3 is 0 Å². The Hall–Kier alpha value is -2.63. The number of rotatable bonds is 9. The molecule has 194 valence electrons. The summed E-state index contributed by atoms with van der Waals surface area (Å²) in [5.41, 5.74) is 2.67. The highest BCUT2D eigenvalue weighted by molar-refractivity contribution is 7.98. The van der Waals surface area contributed by atoms with Gasteiger partial charge in [0.05, 0.1) is 11.0 Å². The molecule has 1 atom stereocenters. The topological polar surface area (TPSA) is 74.7 Å². The summed E-state index contributed by atoms with van der Waals surface area (Å²) in [4.78, 5) is 15.9. The number of hydrogen-bond acceptors (Lipinski definition) is 6. The van der Waals surface area contributed by atoms with Crippen LogP contribution in [0, 0.1) is 0 Å². The van der Waals surface area contributed by atoms with Crippen molar-refractivity contribution in [3.63, 3.8) is 0 Å². The van der Waals surface area contributed by atoms with Gasteiger partial charge < -0.3 is 9.88 Å². The number of hydrogen-bond donors (Lipinski definition) is 1. The number of sulfonamides is 1. The molecule has 0 saturated carbocycles. The smallest absolute Gasteiger partial charge is 0.253 e. The van der Waals surface area contributed by atoms with Gasteiger partial charge in [0, 0.05) is 42.3 Å². The molecule has 1 amide bonds. The van der Waals surface area contributed by atoms with Crippen LogP contribution in [-0.2, 0) is 14.8 Å². The molecule has 1 fully saturated rings. The number of para-hydroxylation sites is 1. The monoisotopic (exact) mass is 554 g/mol. The molecule has 1 N–H and O–H groups in total. The van der Waals surface area contributed by atoms with E-state index in [0.29, 0.717) is 18.8 Å². The van der Waals surface area contributed by atoms with Gasteiger partial charge in [-0.1, -0.05) is 30.8 Å². The molecule has 4 aromatic rings. The Bertz CT molecular complexity index is 1530. The number of carbonyl (C=O) groups is 1. The highest BCUT2D eigenvalue weighted by Gasteiger charge is 2.40. The summed E-state index contributed by atoms with van der Waals surface area (Å²) in [7, 11) is -3.77. The summed E-state index contributed by atoms with van der Waals surface area (Å²) in [5, 5.41) is 6.83. The molecule has 10 heteroatoms. The predicted octanol–water partition coefficient (Wildman–Crippen LogP) is 5.02. The van der Waals surface area contributed by atoms with E-state index >= 15 is 0 Å². The summed E-state index contributed by atoms with van der Waals surface area (Å²) in [6, 6.07) is 16.3. The molecule has 2 aromatic heterocycles. The van der Waals surface area contributed by atoms with Gasteiger partial charge in [-0.25, -0.2) is 8.42 Å². The number of anilines is 1. The van der Waals surface area contributed by atoms with Crippen LogP contribution in [0.3, 0.4) is 0 Å². The highest BCUT2D eigenvalue weighted by atomic mass is 32.2. The van der Waals surface area contributed by atoms with Crippen LogP contribution < -0.4 is 5.32 Å². The molecule has 0 unspecified atom stereocenters. The number of aromatic nitrogens is 1. The molecule has 7 nitrogen and oxygen atoms in total. The number of nitrogens with zero attached hydrogens (tertiary/aromatic N) is 3. The van der Waals surface area contributed by atoms with Crippen LogP contribution in [0.1, 0.15) is 6.42 Å². The zero-order chi connectivity index (χ0) is 26.0. The Kier molecular flexibility index (Phi) is 7.73. The van der Waals surface area contributed by atoms with Crippen LogP contribution in [0.5, 0.6) is 0 Å². The largest absolute Gasteiger partial charge is 0.325 e.